The van der Waals surface area contributed by atoms with Gasteiger partial charge in [-0.15, -0.1) is 0 Å². The van der Waals surface area contributed by atoms with Crippen LogP contribution in [-0.4, -0.2) is 34.1 Å². The summed E-state index contributed by atoms with van der Waals surface area (Å²) in [6, 6.07) is 12.9. The molecular weight excluding hydrogens is 366 g/mol. The number of hydrogen-bond acceptors (Lipinski definition) is 6. The molecule has 3 heterocycles. The van der Waals surface area contributed by atoms with Crippen LogP contribution in [0.5, 0.6) is 0 Å². The quantitative estimate of drug-likeness (QED) is 0.712. The molecular formula is C22H25N5O2. The van der Waals surface area contributed by atoms with E-state index in [-0.39, 0.29) is 5.91 Å². The Bertz CT molecular complexity index is 978. The van der Waals surface area contributed by atoms with Gasteiger partial charge in [0.25, 0.3) is 11.8 Å². The Labute approximate surface area is 170 Å². The monoisotopic (exact) mass is 391 g/mol. The maximum Gasteiger partial charge on any atom is 0.252 e. The zero-order valence-electron chi connectivity index (χ0n) is 16.8. The van der Waals surface area contributed by atoms with Crippen molar-refractivity contribution < 1.29 is 9.32 Å². The molecule has 1 N–H and O–H groups in total. The van der Waals surface area contributed by atoms with Gasteiger partial charge in [0.2, 0.25) is 5.82 Å². The summed E-state index contributed by atoms with van der Waals surface area (Å²) in [4.78, 5) is 23.9. The van der Waals surface area contributed by atoms with Gasteiger partial charge in [0.15, 0.2) is 0 Å². The highest BCUT2D eigenvalue weighted by Crippen LogP contribution is 2.26. The topological polar surface area (TPSA) is 84.2 Å². The summed E-state index contributed by atoms with van der Waals surface area (Å²) in [6.45, 7) is 5.73. The van der Waals surface area contributed by atoms with E-state index >= 15 is 0 Å². The highest BCUT2D eigenvalue weighted by atomic mass is 16.5. The number of piperidine rings is 1. The molecule has 1 aliphatic rings. The molecule has 7 heteroatoms. The van der Waals surface area contributed by atoms with E-state index in [1.807, 2.05) is 44.2 Å². The Kier molecular flexibility index (Phi) is 5.29. The molecule has 0 bridgehead atoms. The maximum absolute atomic E-state index is 12.5. The number of pyridine rings is 1. The number of benzene rings is 1. The van der Waals surface area contributed by atoms with E-state index in [1.54, 1.807) is 18.3 Å². The summed E-state index contributed by atoms with van der Waals surface area (Å²) in [5, 5.41) is 7.10. The molecule has 7 nitrogen and oxygen atoms in total. The molecule has 4 rings (SSSR count). The molecule has 29 heavy (non-hydrogen) atoms. The number of hydrogen-bond donors (Lipinski definition) is 1. The molecule has 3 aromatic rings. The minimum absolute atomic E-state index is 0.188. The van der Waals surface area contributed by atoms with E-state index in [9.17, 15) is 4.79 Å². The van der Waals surface area contributed by atoms with Gasteiger partial charge in [0.1, 0.15) is 11.4 Å². The van der Waals surface area contributed by atoms with Crippen LogP contribution in [0.1, 0.15) is 49.4 Å². The van der Waals surface area contributed by atoms with Crippen LogP contribution in [0.2, 0.25) is 0 Å². The van der Waals surface area contributed by atoms with Gasteiger partial charge in [-0.2, -0.15) is 4.98 Å². The predicted molar refractivity (Wildman–Crippen MR) is 111 cm³/mol. The lowest BCUT2D eigenvalue weighted by Gasteiger charge is -2.27. The number of nitrogens with one attached hydrogen (secondary N) is 1. The predicted octanol–water partition coefficient (Wildman–Crippen LogP) is 3.79. The fraction of sp³-hybridized carbons (Fsp3) is 0.364. The van der Waals surface area contributed by atoms with Gasteiger partial charge in [-0.25, -0.2) is 4.98 Å². The van der Waals surface area contributed by atoms with E-state index in [0.717, 1.165) is 24.5 Å². The molecule has 0 spiro atoms. The van der Waals surface area contributed by atoms with Crippen LogP contribution in [0, 0.1) is 0 Å². The molecule has 0 saturated carbocycles. The van der Waals surface area contributed by atoms with Gasteiger partial charge in [0.05, 0.1) is 0 Å². The van der Waals surface area contributed by atoms with Crippen molar-refractivity contribution in [1.29, 1.82) is 0 Å². The Hall–Kier alpha value is -3.22. The van der Waals surface area contributed by atoms with Crippen LogP contribution < -0.4 is 10.2 Å². The summed E-state index contributed by atoms with van der Waals surface area (Å²) < 4.78 is 5.50. The van der Waals surface area contributed by atoms with Crippen molar-refractivity contribution in [3.8, 4) is 11.4 Å². The van der Waals surface area contributed by atoms with Crippen molar-refractivity contribution in [2.45, 2.75) is 38.6 Å². The molecule has 1 amide bonds. The first-order valence-corrected chi connectivity index (χ1v) is 9.96. The first-order chi connectivity index (χ1) is 14.0. The van der Waals surface area contributed by atoms with Crippen molar-refractivity contribution in [2.24, 2.45) is 0 Å². The van der Waals surface area contributed by atoms with Gasteiger partial charge < -0.3 is 14.7 Å². The van der Waals surface area contributed by atoms with Gasteiger partial charge in [0, 0.05) is 30.4 Å². The molecule has 2 aromatic heterocycles. The third-order valence-corrected chi connectivity index (χ3v) is 5.11. The third-order valence-electron chi connectivity index (χ3n) is 5.11. The largest absolute Gasteiger partial charge is 0.357 e. The summed E-state index contributed by atoms with van der Waals surface area (Å²) in [7, 11) is 0. The SMILES string of the molecule is CC(C)(NC(=O)c1ccccc1)c1nc(-c2ccnc(N3CCCCC3)c2)no1. The second kappa shape index (κ2) is 8.03. The van der Waals surface area contributed by atoms with Crippen LogP contribution in [-0.2, 0) is 5.54 Å². The van der Waals surface area contributed by atoms with E-state index in [4.69, 9.17) is 4.52 Å². The normalized spacial score (nSPS) is 14.6. The van der Waals surface area contributed by atoms with Gasteiger partial charge in [-0.1, -0.05) is 23.4 Å². The number of amides is 1. The lowest BCUT2D eigenvalue weighted by Crippen LogP contribution is -2.41. The number of nitrogens with zero attached hydrogens (tertiary/aromatic N) is 4. The average Bonchev–Trinajstić information content (AvgIpc) is 3.26. The van der Waals surface area contributed by atoms with Crippen LogP contribution in [0.15, 0.2) is 53.2 Å². The molecule has 1 fully saturated rings. The third kappa shape index (κ3) is 4.29. The van der Waals surface area contributed by atoms with Crippen LogP contribution in [0.25, 0.3) is 11.4 Å². The molecule has 1 aromatic carbocycles. The molecule has 0 atom stereocenters. The maximum atomic E-state index is 12.5. The number of carbonyl (C=O) groups is 1. The molecule has 0 unspecified atom stereocenters. The van der Waals surface area contributed by atoms with Crippen molar-refractivity contribution in [3.63, 3.8) is 0 Å². The zero-order chi connectivity index (χ0) is 20.3. The number of rotatable bonds is 5. The summed E-state index contributed by atoms with van der Waals surface area (Å²) in [5.41, 5.74) is 0.627. The lowest BCUT2D eigenvalue weighted by molar-refractivity contribution is 0.0895. The van der Waals surface area contributed by atoms with Crippen molar-refractivity contribution in [2.75, 3.05) is 18.0 Å². The minimum atomic E-state index is -0.805. The Morgan fingerprint density at radius 2 is 1.86 bits per heavy atom. The van der Waals surface area contributed by atoms with Crippen molar-refractivity contribution in [1.82, 2.24) is 20.4 Å². The first kappa shape index (κ1) is 19.1. The van der Waals surface area contributed by atoms with Gasteiger partial charge in [-0.05, 0) is 57.4 Å². The van der Waals surface area contributed by atoms with E-state index in [2.05, 4.69) is 25.3 Å². The fourth-order valence-electron chi connectivity index (χ4n) is 3.45. The lowest BCUT2D eigenvalue weighted by atomic mass is 10.0. The summed E-state index contributed by atoms with van der Waals surface area (Å²) in [5.74, 6) is 1.59. The number of aromatic nitrogens is 3. The molecule has 1 aliphatic heterocycles. The Morgan fingerprint density at radius 1 is 1.10 bits per heavy atom. The molecule has 150 valence electrons. The van der Waals surface area contributed by atoms with E-state index in [0.29, 0.717) is 17.3 Å². The standard InChI is InChI=1S/C22H25N5O2/c1-22(2,25-20(28)16-9-5-3-6-10-16)21-24-19(26-29-21)17-11-12-23-18(15-17)27-13-7-4-8-14-27/h3,5-6,9-12,15H,4,7-8,13-14H2,1-2H3,(H,25,28). The highest BCUT2D eigenvalue weighted by molar-refractivity contribution is 5.94. The first-order valence-electron chi connectivity index (χ1n) is 9.96. The second-order valence-electron chi connectivity index (χ2n) is 7.82. The Balaban J connectivity index is 1.52. The molecule has 0 radical (unpaired) electrons. The summed E-state index contributed by atoms with van der Waals surface area (Å²) >= 11 is 0. The van der Waals surface area contributed by atoms with Crippen molar-refractivity contribution in [3.05, 3.63) is 60.1 Å². The number of anilines is 1. The van der Waals surface area contributed by atoms with E-state index < -0.39 is 5.54 Å². The smallest absolute Gasteiger partial charge is 0.252 e. The van der Waals surface area contributed by atoms with Gasteiger partial charge in [-0.3, -0.25) is 4.79 Å². The van der Waals surface area contributed by atoms with Crippen LogP contribution >= 0.6 is 0 Å². The zero-order valence-corrected chi connectivity index (χ0v) is 16.8. The average molecular weight is 391 g/mol. The fourth-order valence-corrected chi connectivity index (χ4v) is 3.45. The highest BCUT2D eigenvalue weighted by Gasteiger charge is 2.30. The van der Waals surface area contributed by atoms with Crippen LogP contribution in [0.3, 0.4) is 0 Å². The molecule has 0 aliphatic carbocycles. The second-order valence-corrected chi connectivity index (χ2v) is 7.82. The Morgan fingerprint density at radius 3 is 2.62 bits per heavy atom. The van der Waals surface area contributed by atoms with Gasteiger partial charge >= 0.3 is 0 Å². The van der Waals surface area contributed by atoms with E-state index in [1.165, 1.54) is 19.3 Å². The molecule has 1 saturated heterocycles. The van der Waals surface area contributed by atoms with Crippen molar-refractivity contribution >= 4 is 11.7 Å². The summed E-state index contributed by atoms with van der Waals surface area (Å²) in [6.07, 6.45) is 5.42. The minimum Gasteiger partial charge on any atom is -0.357 e. The van der Waals surface area contributed by atoms with Crippen LogP contribution in [0.4, 0.5) is 5.82 Å². The number of carbonyl (C=O) groups excluding carboxylic acids is 1.